The van der Waals surface area contributed by atoms with E-state index in [0.29, 0.717) is 10.0 Å². The predicted molar refractivity (Wildman–Crippen MR) is 78.6 cm³/mol. The van der Waals surface area contributed by atoms with Crippen molar-refractivity contribution in [2.45, 2.75) is 38.5 Å². The van der Waals surface area contributed by atoms with Gasteiger partial charge in [0, 0.05) is 11.4 Å². The molecule has 0 spiro atoms. The quantitative estimate of drug-likeness (QED) is 0.645. The molecule has 6 heteroatoms. The number of hydrogen-bond donors (Lipinski definition) is 1. The average molecular weight is 357 g/mol. The van der Waals surface area contributed by atoms with Gasteiger partial charge in [0.1, 0.15) is 4.75 Å². The van der Waals surface area contributed by atoms with Crippen molar-refractivity contribution in [1.29, 1.82) is 0 Å². The summed E-state index contributed by atoms with van der Waals surface area (Å²) in [5.74, 6) is -0.496. The highest BCUT2D eigenvalue weighted by atomic mass is 79.9. The van der Waals surface area contributed by atoms with Gasteiger partial charge in [-0.1, -0.05) is 17.7 Å². The van der Waals surface area contributed by atoms with Crippen LogP contribution >= 0.6 is 27.5 Å². The van der Waals surface area contributed by atoms with Crippen LogP contribution in [-0.4, -0.2) is 9.30 Å². The van der Waals surface area contributed by atoms with Crippen molar-refractivity contribution in [2.24, 2.45) is 0 Å². The smallest absolute Gasteiger partial charge is 0.156 e. The normalized spacial score (nSPS) is 15.6. The second-order valence-corrected chi connectivity index (χ2v) is 8.22. The van der Waals surface area contributed by atoms with Crippen molar-refractivity contribution in [3.05, 3.63) is 33.0 Å². The number of nitrogens with one attached hydrogen (secondary N) is 1. The highest BCUT2D eigenvalue weighted by Gasteiger charge is 2.29. The molecule has 0 aliphatic heterocycles. The molecular formula is C12H16BrClFNOS. The highest BCUT2D eigenvalue weighted by molar-refractivity contribution is 9.10. The molecule has 18 heavy (non-hydrogen) atoms. The van der Waals surface area contributed by atoms with Gasteiger partial charge >= 0.3 is 0 Å². The first-order valence-electron chi connectivity index (χ1n) is 5.46. The minimum atomic E-state index is -1.23. The zero-order valence-electron chi connectivity index (χ0n) is 10.7. The summed E-state index contributed by atoms with van der Waals surface area (Å²) in [6.07, 6.45) is 0. The van der Waals surface area contributed by atoms with E-state index in [2.05, 4.69) is 20.7 Å². The molecule has 1 aromatic rings. The molecule has 2 nitrogen and oxygen atoms in total. The topological polar surface area (TPSA) is 35.1 Å². The zero-order valence-corrected chi connectivity index (χ0v) is 13.8. The Bertz CT molecular complexity index is 439. The fraction of sp³-hybridized carbons (Fsp3) is 0.500. The Hall–Kier alpha value is 0.190. The molecule has 0 saturated heterocycles. The third kappa shape index (κ3) is 3.84. The molecule has 0 fully saturated rings. The predicted octanol–water partition coefficient (Wildman–Crippen LogP) is 4.35. The molecule has 0 aliphatic carbocycles. The third-order valence-electron chi connectivity index (χ3n) is 2.37. The van der Waals surface area contributed by atoms with Crippen LogP contribution in [0, 0.1) is 5.82 Å². The lowest BCUT2D eigenvalue weighted by atomic mass is 10.1. The minimum absolute atomic E-state index is 0.0512. The minimum Gasteiger partial charge on any atom is -0.598 e. The van der Waals surface area contributed by atoms with E-state index in [1.54, 1.807) is 19.1 Å². The molecule has 1 rings (SSSR count). The molecule has 0 heterocycles. The summed E-state index contributed by atoms with van der Waals surface area (Å²) >= 11 is 7.79. The average Bonchev–Trinajstić information content (AvgIpc) is 2.24. The molecule has 1 N–H and O–H groups in total. The van der Waals surface area contributed by atoms with Gasteiger partial charge in [-0.15, -0.1) is 4.72 Å². The summed E-state index contributed by atoms with van der Waals surface area (Å²) in [5.41, 5.74) is 0.593. The van der Waals surface area contributed by atoms with E-state index in [1.807, 2.05) is 20.8 Å². The molecule has 2 atom stereocenters. The van der Waals surface area contributed by atoms with E-state index in [4.69, 9.17) is 11.6 Å². The Balaban J connectivity index is 2.92. The van der Waals surface area contributed by atoms with E-state index in [0.717, 1.165) is 0 Å². The van der Waals surface area contributed by atoms with Gasteiger partial charge in [-0.25, -0.2) is 4.39 Å². The number of hydrogen-bond acceptors (Lipinski definition) is 2. The van der Waals surface area contributed by atoms with Gasteiger partial charge < -0.3 is 4.55 Å². The van der Waals surface area contributed by atoms with Crippen LogP contribution in [0.15, 0.2) is 16.6 Å². The van der Waals surface area contributed by atoms with Crippen molar-refractivity contribution in [3.63, 3.8) is 0 Å². The van der Waals surface area contributed by atoms with E-state index in [9.17, 15) is 8.94 Å². The second kappa shape index (κ2) is 6.09. The summed E-state index contributed by atoms with van der Waals surface area (Å²) in [4.78, 5) is 0. The Morgan fingerprint density at radius 3 is 2.50 bits per heavy atom. The lowest BCUT2D eigenvalue weighted by molar-refractivity contribution is 0.530. The maximum Gasteiger partial charge on any atom is 0.156 e. The van der Waals surface area contributed by atoms with Crippen LogP contribution < -0.4 is 4.72 Å². The summed E-state index contributed by atoms with van der Waals surface area (Å²) in [5, 5.41) is 0.0512. The summed E-state index contributed by atoms with van der Waals surface area (Å²) < 4.78 is 28.5. The fourth-order valence-electron chi connectivity index (χ4n) is 1.28. The van der Waals surface area contributed by atoms with E-state index >= 15 is 0 Å². The van der Waals surface area contributed by atoms with Crippen LogP contribution in [0.2, 0.25) is 5.02 Å². The van der Waals surface area contributed by atoms with E-state index in [-0.39, 0.29) is 15.8 Å². The molecule has 0 bridgehead atoms. The number of halogens is 3. The van der Waals surface area contributed by atoms with Gasteiger partial charge in [0.15, 0.2) is 5.82 Å². The molecule has 0 aliphatic rings. The monoisotopic (exact) mass is 355 g/mol. The second-order valence-electron chi connectivity index (χ2n) is 4.99. The van der Waals surface area contributed by atoms with E-state index < -0.39 is 17.2 Å². The van der Waals surface area contributed by atoms with Gasteiger partial charge in [-0.2, -0.15) is 0 Å². The van der Waals surface area contributed by atoms with Gasteiger partial charge in [-0.3, -0.25) is 0 Å². The highest BCUT2D eigenvalue weighted by Crippen LogP contribution is 2.31. The van der Waals surface area contributed by atoms with Crippen molar-refractivity contribution >= 4 is 38.9 Å². The third-order valence-corrected chi connectivity index (χ3v) is 5.05. The SMILES string of the molecule is C[C@@H](N[S@@+]([O-])C(C)(C)C)c1ccc(Br)c(F)c1Cl. The summed E-state index contributed by atoms with van der Waals surface area (Å²) in [6.45, 7) is 7.41. The Morgan fingerprint density at radius 2 is 2.00 bits per heavy atom. The lowest BCUT2D eigenvalue weighted by Crippen LogP contribution is -2.40. The fourth-order valence-corrected chi connectivity index (χ4v) is 2.85. The first-order valence-corrected chi connectivity index (χ1v) is 7.78. The molecule has 0 saturated carbocycles. The first-order chi connectivity index (χ1) is 8.14. The van der Waals surface area contributed by atoms with Crippen LogP contribution in [-0.2, 0) is 11.4 Å². The standard InChI is InChI=1S/C12H16BrClFNOS/c1-7(16-18(17)12(2,3)4)8-5-6-9(13)11(15)10(8)14/h5-7,16H,1-4H3/t7-,18+/m1/s1. The zero-order chi connectivity index (χ0) is 14.1. The van der Waals surface area contributed by atoms with Crippen LogP contribution in [0.5, 0.6) is 0 Å². The van der Waals surface area contributed by atoms with Gasteiger partial charge in [0.25, 0.3) is 0 Å². The van der Waals surface area contributed by atoms with Crippen molar-refractivity contribution in [3.8, 4) is 0 Å². The number of benzene rings is 1. The molecular weight excluding hydrogens is 341 g/mol. The van der Waals surface area contributed by atoms with Crippen LogP contribution in [0.3, 0.4) is 0 Å². The Labute approximate surface area is 124 Å². The lowest BCUT2D eigenvalue weighted by Gasteiger charge is -2.27. The Kier molecular flexibility index (Phi) is 5.50. The summed E-state index contributed by atoms with van der Waals surface area (Å²) in [6, 6.07) is 3.02. The first kappa shape index (κ1) is 16.2. The molecule has 0 radical (unpaired) electrons. The van der Waals surface area contributed by atoms with Crippen LogP contribution in [0.25, 0.3) is 0 Å². The van der Waals surface area contributed by atoms with Gasteiger partial charge in [-0.05, 0) is 55.3 Å². The van der Waals surface area contributed by atoms with Gasteiger partial charge in [0.2, 0.25) is 0 Å². The van der Waals surface area contributed by atoms with Crippen LogP contribution in [0.4, 0.5) is 4.39 Å². The van der Waals surface area contributed by atoms with Gasteiger partial charge in [0.05, 0.1) is 15.5 Å². The van der Waals surface area contributed by atoms with Crippen molar-refractivity contribution in [2.75, 3.05) is 0 Å². The largest absolute Gasteiger partial charge is 0.598 e. The molecule has 0 amide bonds. The molecule has 1 aromatic carbocycles. The van der Waals surface area contributed by atoms with Crippen molar-refractivity contribution < 1.29 is 8.94 Å². The molecule has 102 valence electrons. The maximum absolute atomic E-state index is 13.6. The van der Waals surface area contributed by atoms with Crippen molar-refractivity contribution in [1.82, 2.24) is 4.72 Å². The van der Waals surface area contributed by atoms with E-state index in [1.165, 1.54) is 0 Å². The van der Waals surface area contributed by atoms with Crippen LogP contribution in [0.1, 0.15) is 39.3 Å². The molecule has 0 unspecified atom stereocenters. The Morgan fingerprint density at radius 1 is 1.44 bits per heavy atom. The molecule has 0 aromatic heterocycles. The maximum atomic E-state index is 13.6. The summed E-state index contributed by atoms with van der Waals surface area (Å²) in [7, 11) is 0. The number of rotatable bonds is 3.